The van der Waals surface area contributed by atoms with Crippen LogP contribution >= 0.6 is 11.6 Å². The Balaban J connectivity index is 2.37. The highest BCUT2D eigenvalue weighted by Crippen LogP contribution is 2.31. The van der Waals surface area contributed by atoms with Gasteiger partial charge >= 0.3 is 0 Å². The van der Waals surface area contributed by atoms with Gasteiger partial charge in [-0.3, -0.25) is 0 Å². The molecule has 84 valence electrons. The van der Waals surface area contributed by atoms with E-state index in [0.29, 0.717) is 11.6 Å². The number of rotatable bonds is 4. The first-order valence-electron chi connectivity index (χ1n) is 5.14. The summed E-state index contributed by atoms with van der Waals surface area (Å²) in [6.45, 7) is 2.73. The second-order valence-corrected chi connectivity index (χ2v) is 3.81. The summed E-state index contributed by atoms with van der Waals surface area (Å²) in [5, 5.41) is 4.54. The first kappa shape index (κ1) is 11.0. The second kappa shape index (κ2) is 5.03. The summed E-state index contributed by atoms with van der Waals surface area (Å²) in [6.07, 6.45) is 2.49. The molecular weight excluding hydrogens is 226 g/mol. The maximum Gasteiger partial charge on any atom is 0.128 e. The number of ether oxygens (including phenoxy) is 1. The van der Waals surface area contributed by atoms with Crippen LogP contribution in [0.15, 0.2) is 35.1 Å². The highest BCUT2D eigenvalue weighted by molar-refractivity contribution is 6.30. The van der Waals surface area contributed by atoms with E-state index in [-0.39, 0.29) is 0 Å². The molecule has 16 heavy (non-hydrogen) atoms. The van der Waals surface area contributed by atoms with Crippen LogP contribution < -0.4 is 4.74 Å². The van der Waals surface area contributed by atoms with Crippen LogP contribution in [0.1, 0.15) is 13.3 Å². The molecule has 0 fully saturated rings. The van der Waals surface area contributed by atoms with Gasteiger partial charge in [-0.1, -0.05) is 23.7 Å². The number of aromatic nitrogens is 1. The van der Waals surface area contributed by atoms with Crippen molar-refractivity contribution in [2.24, 2.45) is 0 Å². The summed E-state index contributed by atoms with van der Waals surface area (Å²) in [6, 6.07) is 7.26. The van der Waals surface area contributed by atoms with Crippen molar-refractivity contribution in [3.05, 3.63) is 35.6 Å². The van der Waals surface area contributed by atoms with Gasteiger partial charge in [0.2, 0.25) is 0 Å². The van der Waals surface area contributed by atoms with Crippen molar-refractivity contribution in [2.75, 3.05) is 6.61 Å². The maximum atomic E-state index is 5.95. The summed E-state index contributed by atoms with van der Waals surface area (Å²) in [5.41, 5.74) is 1.59. The Bertz CT molecular complexity index is 454. The third-order valence-corrected chi connectivity index (χ3v) is 2.35. The molecule has 0 saturated heterocycles. The van der Waals surface area contributed by atoms with Crippen LogP contribution in [-0.2, 0) is 0 Å². The molecule has 2 rings (SSSR count). The van der Waals surface area contributed by atoms with Gasteiger partial charge < -0.3 is 9.26 Å². The predicted molar refractivity (Wildman–Crippen MR) is 62.7 cm³/mol. The molecule has 0 saturated carbocycles. The average Bonchev–Trinajstić information content (AvgIpc) is 2.80. The fraction of sp³-hybridized carbons (Fsp3) is 0.250. The molecule has 0 aliphatic heterocycles. The molecule has 4 heteroatoms. The van der Waals surface area contributed by atoms with E-state index in [1.807, 2.05) is 12.1 Å². The molecule has 1 aromatic carbocycles. The zero-order chi connectivity index (χ0) is 11.4. The number of halogens is 1. The summed E-state index contributed by atoms with van der Waals surface area (Å²) >= 11 is 5.95. The van der Waals surface area contributed by atoms with E-state index in [4.69, 9.17) is 20.9 Å². The lowest BCUT2D eigenvalue weighted by Gasteiger charge is -2.09. The van der Waals surface area contributed by atoms with Gasteiger partial charge in [-0.2, -0.15) is 0 Å². The Kier molecular flexibility index (Phi) is 3.47. The highest BCUT2D eigenvalue weighted by Gasteiger charge is 2.09. The van der Waals surface area contributed by atoms with Crippen molar-refractivity contribution >= 4 is 11.6 Å². The summed E-state index contributed by atoms with van der Waals surface area (Å²) in [4.78, 5) is 0. The molecule has 1 aromatic heterocycles. The number of hydrogen-bond donors (Lipinski definition) is 0. The standard InChI is InChI=1S/C12H12ClNO2/c1-2-6-15-12-4-3-9(13)8-10(12)11-5-7-16-14-11/h3-5,7-8H,2,6H2,1H3. The number of nitrogens with zero attached hydrogens (tertiary/aromatic N) is 1. The minimum atomic E-state index is 0.654. The van der Waals surface area contributed by atoms with Crippen molar-refractivity contribution in [3.8, 4) is 17.0 Å². The van der Waals surface area contributed by atoms with E-state index < -0.39 is 0 Å². The van der Waals surface area contributed by atoms with Gasteiger partial charge in [0.15, 0.2) is 0 Å². The summed E-state index contributed by atoms with van der Waals surface area (Å²) in [5.74, 6) is 0.778. The van der Waals surface area contributed by atoms with E-state index >= 15 is 0 Å². The van der Waals surface area contributed by atoms with Crippen LogP contribution in [0.3, 0.4) is 0 Å². The first-order chi connectivity index (χ1) is 7.81. The van der Waals surface area contributed by atoms with Crippen LogP contribution in [0.25, 0.3) is 11.3 Å². The average molecular weight is 238 g/mol. The minimum absolute atomic E-state index is 0.654. The molecule has 0 N–H and O–H groups in total. The van der Waals surface area contributed by atoms with Crippen molar-refractivity contribution < 1.29 is 9.26 Å². The Morgan fingerprint density at radius 2 is 2.25 bits per heavy atom. The molecule has 0 radical (unpaired) electrons. The van der Waals surface area contributed by atoms with Crippen molar-refractivity contribution in [1.82, 2.24) is 5.16 Å². The normalized spacial score (nSPS) is 10.4. The lowest BCUT2D eigenvalue weighted by atomic mass is 10.1. The molecule has 0 aliphatic rings. The Hall–Kier alpha value is -1.48. The molecule has 2 aromatic rings. The predicted octanol–water partition coefficient (Wildman–Crippen LogP) is 3.78. The molecule has 0 bridgehead atoms. The monoisotopic (exact) mass is 237 g/mol. The smallest absolute Gasteiger partial charge is 0.128 e. The third kappa shape index (κ3) is 2.36. The number of hydrogen-bond acceptors (Lipinski definition) is 3. The van der Waals surface area contributed by atoms with Gasteiger partial charge in [0.05, 0.1) is 6.61 Å². The molecule has 1 heterocycles. The van der Waals surface area contributed by atoms with Gasteiger partial charge in [-0.25, -0.2) is 0 Å². The molecular formula is C12H12ClNO2. The molecule has 0 atom stereocenters. The number of benzene rings is 1. The quantitative estimate of drug-likeness (QED) is 0.812. The highest BCUT2D eigenvalue weighted by atomic mass is 35.5. The summed E-state index contributed by atoms with van der Waals surface area (Å²) < 4.78 is 10.4. The van der Waals surface area contributed by atoms with Gasteiger partial charge in [-0.15, -0.1) is 0 Å². The minimum Gasteiger partial charge on any atom is -0.493 e. The lowest BCUT2D eigenvalue weighted by molar-refractivity contribution is 0.318. The zero-order valence-electron chi connectivity index (χ0n) is 8.94. The van der Waals surface area contributed by atoms with E-state index in [1.165, 1.54) is 6.26 Å². The lowest BCUT2D eigenvalue weighted by Crippen LogP contribution is -1.96. The maximum absolute atomic E-state index is 5.95. The van der Waals surface area contributed by atoms with E-state index in [9.17, 15) is 0 Å². The van der Waals surface area contributed by atoms with E-state index in [0.717, 1.165) is 23.4 Å². The Morgan fingerprint density at radius 1 is 1.38 bits per heavy atom. The van der Waals surface area contributed by atoms with Gasteiger partial charge in [0.1, 0.15) is 17.7 Å². The largest absolute Gasteiger partial charge is 0.493 e. The van der Waals surface area contributed by atoms with Crippen LogP contribution in [0.4, 0.5) is 0 Å². The second-order valence-electron chi connectivity index (χ2n) is 3.37. The van der Waals surface area contributed by atoms with Crippen LogP contribution in [0, 0.1) is 0 Å². The van der Waals surface area contributed by atoms with Crippen molar-refractivity contribution in [2.45, 2.75) is 13.3 Å². The third-order valence-electron chi connectivity index (χ3n) is 2.12. The van der Waals surface area contributed by atoms with Gasteiger partial charge in [0.25, 0.3) is 0 Å². The molecule has 0 spiro atoms. The molecule has 0 amide bonds. The summed E-state index contributed by atoms with van der Waals surface area (Å²) in [7, 11) is 0. The fourth-order valence-electron chi connectivity index (χ4n) is 1.39. The Morgan fingerprint density at radius 3 is 2.94 bits per heavy atom. The first-order valence-corrected chi connectivity index (χ1v) is 5.52. The topological polar surface area (TPSA) is 35.3 Å². The molecule has 3 nitrogen and oxygen atoms in total. The van der Waals surface area contributed by atoms with Gasteiger partial charge in [-0.05, 0) is 24.6 Å². The van der Waals surface area contributed by atoms with E-state index in [2.05, 4.69) is 12.1 Å². The fourth-order valence-corrected chi connectivity index (χ4v) is 1.56. The SMILES string of the molecule is CCCOc1ccc(Cl)cc1-c1ccon1. The molecule has 0 unspecified atom stereocenters. The van der Waals surface area contributed by atoms with Crippen LogP contribution in [-0.4, -0.2) is 11.8 Å². The van der Waals surface area contributed by atoms with Gasteiger partial charge in [0, 0.05) is 16.7 Å². The van der Waals surface area contributed by atoms with Crippen LogP contribution in [0.2, 0.25) is 5.02 Å². The zero-order valence-corrected chi connectivity index (χ0v) is 9.70. The molecule has 0 aliphatic carbocycles. The van der Waals surface area contributed by atoms with Crippen molar-refractivity contribution in [1.29, 1.82) is 0 Å². The van der Waals surface area contributed by atoms with Crippen LogP contribution in [0.5, 0.6) is 5.75 Å². The Labute approximate surface area is 99.0 Å². The van der Waals surface area contributed by atoms with E-state index in [1.54, 1.807) is 12.1 Å². The van der Waals surface area contributed by atoms with Crippen molar-refractivity contribution in [3.63, 3.8) is 0 Å².